The van der Waals surface area contributed by atoms with Gasteiger partial charge in [-0.15, -0.1) is 0 Å². The van der Waals surface area contributed by atoms with E-state index >= 15 is 0 Å². The molecule has 1 aromatic rings. The van der Waals surface area contributed by atoms with Gasteiger partial charge in [-0.1, -0.05) is 44.2 Å². The predicted octanol–water partition coefficient (Wildman–Crippen LogP) is 2.13. The number of hydrogen-bond donors (Lipinski definition) is 1. The Morgan fingerprint density at radius 1 is 1.23 bits per heavy atom. The van der Waals surface area contributed by atoms with E-state index in [0.29, 0.717) is 26.1 Å². The lowest BCUT2D eigenvalue weighted by atomic mass is 9.79. The quantitative estimate of drug-likeness (QED) is 0.906. The molecule has 1 heterocycles. The summed E-state index contributed by atoms with van der Waals surface area (Å²) >= 11 is 0. The first kappa shape index (κ1) is 17.0. The molecule has 1 atom stereocenters. The summed E-state index contributed by atoms with van der Waals surface area (Å²) in [5.41, 5.74) is 0.321. The number of hydrogen-bond acceptors (Lipinski definition) is 3. The highest BCUT2D eigenvalue weighted by Gasteiger charge is 2.47. The van der Waals surface area contributed by atoms with Gasteiger partial charge < -0.3 is 10.0 Å². The van der Waals surface area contributed by atoms with Gasteiger partial charge >= 0.3 is 0 Å². The van der Waals surface area contributed by atoms with Crippen LogP contribution in [0.3, 0.4) is 0 Å². The summed E-state index contributed by atoms with van der Waals surface area (Å²) in [4.78, 5) is 16.2. The van der Waals surface area contributed by atoms with Crippen LogP contribution in [0.2, 0.25) is 0 Å². The zero-order valence-corrected chi connectivity index (χ0v) is 14.2. The molecule has 1 N–H and O–H groups in total. The number of β-amino-alcohol motifs (C(OH)–C–C–N with tert-alkyl or cyclic N) is 1. The molecule has 1 fully saturated rings. The Morgan fingerprint density at radius 2 is 1.86 bits per heavy atom. The Kier molecular flexibility index (Phi) is 4.93. The first-order valence-electron chi connectivity index (χ1n) is 7.94. The van der Waals surface area contributed by atoms with E-state index in [1.807, 2.05) is 44.3 Å². The average molecular weight is 304 g/mol. The molecule has 22 heavy (non-hydrogen) atoms. The van der Waals surface area contributed by atoms with E-state index < -0.39 is 5.60 Å². The number of benzene rings is 1. The van der Waals surface area contributed by atoms with Gasteiger partial charge in [-0.05, 0) is 12.5 Å². The molecule has 0 spiro atoms. The maximum atomic E-state index is 12.3. The number of amides is 1. The van der Waals surface area contributed by atoms with Gasteiger partial charge in [-0.2, -0.15) is 0 Å². The van der Waals surface area contributed by atoms with Crippen LogP contribution in [0.1, 0.15) is 32.8 Å². The molecule has 0 aromatic heterocycles. The molecule has 1 aliphatic rings. The zero-order valence-electron chi connectivity index (χ0n) is 14.2. The van der Waals surface area contributed by atoms with Crippen LogP contribution in [0.15, 0.2) is 30.3 Å². The Labute approximate surface area is 133 Å². The Balaban J connectivity index is 1.81. The number of aliphatic hydroxyl groups is 1. The predicted molar refractivity (Wildman–Crippen MR) is 88.4 cm³/mol. The maximum absolute atomic E-state index is 12.3. The number of likely N-dealkylation sites (tertiary alicyclic amines) is 1. The van der Waals surface area contributed by atoms with Crippen LogP contribution in [-0.2, 0) is 11.3 Å². The Morgan fingerprint density at radius 3 is 2.41 bits per heavy atom. The summed E-state index contributed by atoms with van der Waals surface area (Å²) in [5.74, 6) is 0.146. The summed E-state index contributed by atoms with van der Waals surface area (Å²) in [6.07, 6.45) is 0.496. The Hall–Kier alpha value is -1.39. The zero-order chi connectivity index (χ0) is 16.4. The molecule has 1 amide bonds. The van der Waals surface area contributed by atoms with Crippen LogP contribution < -0.4 is 0 Å². The van der Waals surface area contributed by atoms with Crippen molar-refractivity contribution in [2.75, 3.05) is 26.7 Å². The number of carbonyl (C=O) groups excluding carboxylic acids is 1. The van der Waals surface area contributed by atoms with E-state index in [-0.39, 0.29) is 11.3 Å². The maximum Gasteiger partial charge on any atom is 0.223 e. The van der Waals surface area contributed by atoms with E-state index in [4.69, 9.17) is 0 Å². The van der Waals surface area contributed by atoms with Gasteiger partial charge in [0.05, 0.1) is 5.60 Å². The fourth-order valence-electron chi connectivity index (χ4n) is 2.98. The molecule has 122 valence electrons. The second-order valence-electron chi connectivity index (χ2n) is 7.35. The Bertz CT molecular complexity index is 495. The number of nitrogens with zero attached hydrogens (tertiary/aromatic N) is 2. The second kappa shape index (κ2) is 6.39. The summed E-state index contributed by atoms with van der Waals surface area (Å²) in [7, 11) is 1.85. The molecule has 0 saturated carbocycles. The molecule has 0 bridgehead atoms. The SMILES string of the molecule is CN(Cc1ccccc1)C(=O)CCN1CC(C)(C)[C@@](C)(O)C1. The van der Waals surface area contributed by atoms with Crippen molar-refractivity contribution in [1.82, 2.24) is 9.80 Å². The third-order valence-electron chi connectivity index (χ3n) is 4.94. The average Bonchev–Trinajstić information content (AvgIpc) is 2.65. The monoisotopic (exact) mass is 304 g/mol. The van der Waals surface area contributed by atoms with Crippen LogP contribution in [0.25, 0.3) is 0 Å². The highest BCUT2D eigenvalue weighted by atomic mass is 16.3. The largest absolute Gasteiger partial charge is 0.388 e. The van der Waals surface area contributed by atoms with Gasteiger partial charge in [0.25, 0.3) is 0 Å². The number of carbonyl (C=O) groups is 1. The lowest BCUT2D eigenvalue weighted by Gasteiger charge is -2.31. The lowest BCUT2D eigenvalue weighted by molar-refractivity contribution is -0.130. The van der Waals surface area contributed by atoms with Gasteiger partial charge in [-0.25, -0.2) is 0 Å². The third kappa shape index (κ3) is 3.87. The molecule has 4 heteroatoms. The molecule has 2 rings (SSSR count). The normalized spacial score (nSPS) is 24.4. The van der Waals surface area contributed by atoms with E-state index in [1.165, 1.54) is 0 Å². The first-order chi connectivity index (χ1) is 10.2. The highest BCUT2D eigenvalue weighted by molar-refractivity contribution is 5.76. The highest BCUT2D eigenvalue weighted by Crippen LogP contribution is 2.38. The number of rotatable bonds is 5. The molecular formula is C18H28N2O2. The van der Waals surface area contributed by atoms with Crippen molar-refractivity contribution in [2.24, 2.45) is 5.41 Å². The van der Waals surface area contributed by atoms with E-state index in [0.717, 1.165) is 12.1 Å². The summed E-state index contributed by atoms with van der Waals surface area (Å²) in [6.45, 7) is 8.86. The van der Waals surface area contributed by atoms with E-state index in [2.05, 4.69) is 18.7 Å². The van der Waals surface area contributed by atoms with E-state index in [9.17, 15) is 9.90 Å². The molecule has 1 aliphatic heterocycles. The van der Waals surface area contributed by atoms with Crippen molar-refractivity contribution in [3.8, 4) is 0 Å². The molecule has 0 aliphatic carbocycles. The molecular weight excluding hydrogens is 276 g/mol. The van der Waals surface area contributed by atoms with Crippen LogP contribution in [0.5, 0.6) is 0 Å². The first-order valence-corrected chi connectivity index (χ1v) is 7.94. The van der Waals surface area contributed by atoms with Crippen LogP contribution in [0.4, 0.5) is 0 Å². The van der Waals surface area contributed by atoms with Gasteiger partial charge in [0.2, 0.25) is 5.91 Å². The molecule has 0 unspecified atom stereocenters. The summed E-state index contributed by atoms with van der Waals surface area (Å²) in [6, 6.07) is 10.0. The third-order valence-corrected chi connectivity index (χ3v) is 4.94. The summed E-state index contributed by atoms with van der Waals surface area (Å²) in [5, 5.41) is 10.4. The van der Waals surface area contributed by atoms with Gasteiger partial charge in [-0.3, -0.25) is 9.69 Å². The van der Waals surface area contributed by atoms with Crippen molar-refractivity contribution in [3.05, 3.63) is 35.9 Å². The molecule has 0 radical (unpaired) electrons. The van der Waals surface area contributed by atoms with Crippen molar-refractivity contribution >= 4 is 5.91 Å². The molecule has 1 saturated heterocycles. The minimum absolute atomic E-state index is 0.133. The standard InChI is InChI=1S/C18H28N2O2/c1-17(2)13-20(14-18(17,3)22)11-10-16(21)19(4)12-15-8-6-5-7-9-15/h5-9,22H,10-14H2,1-4H3/t18-/m0/s1. The van der Waals surface area contributed by atoms with Gasteiger partial charge in [0.1, 0.15) is 0 Å². The van der Waals surface area contributed by atoms with Crippen molar-refractivity contribution < 1.29 is 9.90 Å². The van der Waals surface area contributed by atoms with Gasteiger partial charge in [0, 0.05) is 45.1 Å². The molecule has 1 aromatic carbocycles. The van der Waals surface area contributed by atoms with Crippen LogP contribution in [0, 0.1) is 5.41 Å². The fraction of sp³-hybridized carbons (Fsp3) is 0.611. The summed E-state index contributed by atoms with van der Waals surface area (Å²) < 4.78 is 0. The van der Waals surface area contributed by atoms with Crippen LogP contribution in [-0.4, -0.2) is 53.1 Å². The van der Waals surface area contributed by atoms with Crippen molar-refractivity contribution in [3.63, 3.8) is 0 Å². The van der Waals surface area contributed by atoms with Crippen LogP contribution >= 0.6 is 0 Å². The topological polar surface area (TPSA) is 43.8 Å². The van der Waals surface area contributed by atoms with Crippen molar-refractivity contribution in [1.29, 1.82) is 0 Å². The fourth-order valence-corrected chi connectivity index (χ4v) is 2.98. The second-order valence-corrected chi connectivity index (χ2v) is 7.35. The minimum atomic E-state index is -0.689. The van der Waals surface area contributed by atoms with E-state index in [1.54, 1.807) is 4.90 Å². The lowest BCUT2D eigenvalue weighted by Crippen LogP contribution is -2.40. The molecule has 4 nitrogen and oxygen atoms in total. The van der Waals surface area contributed by atoms with Gasteiger partial charge in [0.15, 0.2) is 0 Å². The minimum Gasteiger partial charge on any atom is -0.388 e. The smallest absolute Gasteiger partial charge is 0.223 e. The van der Waals surface area contributed by atoms with Crippen molar-refractivity contribution in [2.45, 2.75) is 39.3 Å².